The molecule has 3 heterocycles. The number of aliphatic hydroxyl groups excluding tert-OH is 1. The Morgan fingerprint density at radius 3 is 2.59 bits per heavy atom. The zero-order chi connectivity index (χ0) is 19.1. The van der Waals surface area contributed by atoms with Gasteiger partial charge in [0.05, 0.1) is 11.1 Å². The lowest BCUT2D eigenvalue weighted by molar-refractivity contribution is -0.136. The lowest BCUT2D eigenvalue weighted by Crippen LogP contribution is -2.54. The summed E-state index contributed by atoms with van der Waals surface area (Å²) in [6.45, 7) is 1.66. The molecule has 0 radical (unpaired) electrons. The molecule has 27 heavy (non-hydrogen) atoms. The van der Waals surface area contributed by atoms with Gasteiger partial charge in [-0.05, 0) is 43.4 Å². The second-order valence-corrected chi connectivity index (χ2v) is 7.31. The fourth-order valence-electron chi connectivity index (χ4n) is 4.10. The average Bonchev–Trinajstić information content (AvgIpc) is 2.92. The molecule has 142 valence electrons. The maximum Gasteiger partial charge on any atom is 0.262 e. The molecule has 2 N–H and O–H groups in total. The largest absolute Gasteiger partial charge is 0.396 e. The Morgan fingerprint density at radius 1 is 1.07 bits per heavy atom. The molecule has 2 fully saturated rings. The minimum Gasteiger partial charge on any atom is -0.396 e. The molecule has 0 spiro atoms. The van der Waals surface area contributed by atoms with Crippen LogP contribution in [-0.2, 0) is 9.59 Å². The van der Waals surface area contributed by atoms with Crippen molar-refractivity contribution in [3.8, 4) is 0 Å². The van der Waals surface area contributed by atoms with Crippen molar-refractivity contribution in [3.63, 3.8) is 0 Å². The molecule has 4 amide bonds. The molecule has 2 unspecified atom stereocenters. The van der Waals surface area contributed by atoms with Crippen LogP contribution in [0.5, 0.6) is 0 Å². The number of hydrogen-bond acceptors (Lipinski definition) is 6. The number of benzene rings is 1. The van der Waals surface area contributed by atoms with Gasteiger partial charge in [0.2, 0.25) is 11.8 Å². The molecule has 1 aromatic rings. The van der Waals surface area contributed by atoms with E-state index in [1.54, 1.807) is 18.2 Å². The van der Waals surface area contributed by atoms with Crippen LogP contribution in [-0.4, -0.2) is 59.4 Å². The third kappa shape index (κ3) is 2.99. The van der Waals surface area contributed by atoms with E-state index in [0.717, 1.165) is 30.0 Å². The Labute approximate surface area is 156 Å². The maximum absolute atomic E-state index is 12.9. The van der Waals surface area contributed by atoms with Gasteiger partial charge in [-0.25, -0.2) is 0 Å². The standard InChI is InChI=1S/C19H21N3O5/c23-10-11-2-1-7-21(9-11)12-3-4-13-14(8-12)19(27)22(18(13)26)15-5-6-16(24)20-17(15)25/h3-4,8,11,15,23H,1-2,5-7,9-10H2,(H,20,24,25). The Balaban J connectivity index is 1.60. The van der Waals surface area contributed by atoms with Gasteiger partial charge in [-0.1, -0.05) is 0 Å². The van der Waals surface area contributed by atoms with Gasteiger partial charge in [-0.15, -0.1) is 0 Å². The number of fused-ring (bicyclic) bond motifs is 1. The molecule has 3 aliphatic rings. The van der Waals surface area contributed by atoms with Crippen molar-refractivity contribution < 1.29 is 24.3 Å². The fraction of sp³-hybridized carbons (Fsp3) is 0.474. The van der Waals surface area contributed by atoms with Crippen molar-refractivity contribution in [2.45, 2.75) is 31.7 Å². The summed E-state index contributed by atoms with van der Waals surface area (Å²) in [6, 6.07) is 4.17. The van der Waals surface area contributed by atoms with Crippen molar-refractivity contribution in [1.29, 1.82) is 0 Å². The third-order valence-electron chi connectivity index (χ3n) is 5.57. The zero-order valence-electron chi connectivity index (χ0n) is 14.8. The van der Waals surface area contributed by atoms with Crippen LogP contribution in [0.1, 0.15) is 46.4 Å². The molecule has 2 saturated heterocycles. The summed E-state index contributed by atoms with van der Waals surface area (Å²) in [5.41, 5.74) is 1.40. The van der Waals surface area contributed by atoms with Gasteiger partial charge in [0.1, 0.15) is 6.04 Å². The molecule has 8 heteroatoms. The first-order chi connectivity index (χ1) is 13.0. The number of nitrogens with zero attached hydrogens (tertiary/aromatic N) is 2. The quantitative estimate of drug-likeness (QED) is 0.740. The molecule has 0 bridgehead atoms. The van der Waals surface area contributed by atoms with Gasteiger partial charge in [0.15, 0.2) is 0 Å². The van der Waals surface area contributed by atoms with Crippen LogP contribution in [0.3, 0.4) is 0 Å². The summed E-state index contributed by atoms with van der Waals surface area (Å²) in [7, 11) is 0. The number of imide groups is 2. The van der Waals surface area contributed by atoms with Crippen molar-refractivity contribution in [3.05, 3.63) is 29.3 Å². The van der Waals surface area contributed by atoms with Crippen molar-refractivity contribution in [2.24, 2.45) is 5.92 Å². The van der Waals surface area contributed by atoms with E-state index < -0.39 is 29.7 Å². The smallest absolute Gasteiger partial charge is 0.262 e. The molecule has 8 nitrogen and oxygen atoms in total. The van der Waals surface area contributed by atoms with Crippen LogP contribution in [0, 0.1) is 5.92 Å². The predicted octanol–water partition coefficient (Wildman–Crippen LogP) is 0.296. The monoisotopic (exact) mass is 371 g/mol. The minimum atomic E-state index is -0.952. The molecule has 1 aromatic carbocycles. The fourth-order valence-corrected chi connectivity index (χ4v) is 4.10. The first kappa shape index (κ1) is 17.7. The van der Waals surface area contributed by atoms with Crippen LogP contribution >= 0.6 is 0 Å². The van der Waals surface area contributed by atoms with E-state index in [4.69, 9.17) is 0 Å². The molecule has 4 rings (SSSR count). The highest BCUT2D eigenvalue weighted by Gasteiger charge is 2.44. The number of amides is 4. The predicted molar refractivity (Wildman–Crippen MR) is 95.1 cm³/mol. The number of nitrogens with one attached hydrogen (secondary N) is 1. The summed E-state index contributed by atoms with van der Waals surface area (Å²) in [6.07, 6.45) is 2.18. The highest BCUT2D eigenvalue weighted by molar-refractivity contribution is 6.23. The van der Waals surface area contributed by atoms with Gasteiger partial charge >= 0.3 is 0 Å². The Bertz CT molecular complexity index is 837. The zero-order valence-corrected chi connectivity index (χ0v) is 14.8. The molecule has 3 aliphatic heterocycles. The van der Waals surface area contributed by atoms with Gasteiger partial charge in [-0.3, -0.25) is 29.4 Å². The topological polar surface area (TPSA) is 107 Å². The number of aliphatic hydroxyl groups is 1. The molecule has 2 atom stereocenters. The van der Waals surface area contributed by atoms with Gasteiger partial charge in [0, 0.05) is 31.8 Å². The summed E-state index contributed by atoms with van der Waals surface area (Å²) < 4.78 is 0. The lowest BCUT2D eigenvalue weighted by atomic mass is 9.98. The van der Waals surface area contributed by atoms with E-state index in [1.807, 2.05) is 0 Å². The van der Waals surface area contributed by atoms with Crippen molar-refractivity contribution in [2.75, 3.05) is 24.6 Å². The van der Waals surface area contributed by atoms with E-state index in [-0.39, 0.29) is 36.5 Å². The van der Waals surface area contributed by atoms with Crippen LogP contribution in [0.15, 0.2) is 18.2 Å². The molecular weight excluding hydrogens is 350 g/mol. The minimum absolute atomic E-state index is 0.103. The molecule has 0 saturated carbocycles. The van der Waals surface area contributed by atoms with Crippen LogP contribution in [0.2, 0.25) is 0 Å². The van der Waals surface area contributed by atoms with Gasteiger partial charge < -0.3 is 10.0 Å². The van der Waals surface area contributed by atoms with Crippen molar-refractivity contribution in [1.82, 2.24) is 10.2 Å². The highest BCUT2D eigenvalue weighted by atomic mass is 16.3. The van der Waals surface area contributed by atoms with E-state index in [2.05, 4.69) is 10.2 Å². The Kier molecular flexibility index (Phi) is 4.43. The number of hydrogen-bond donors (Lipinski definition) is 2. The number of carbonyl (C=O) groups excluding carboxylic acids is 4. The summed E-state index contributed by atoms with van der Waals surface area (Å²) >= 11 is 0. The molecular formula is C19H21N3O5. The van der Waals surface area contributed by atoms with E-state index in [9.17, 15) is 24.3 Å². The van der Waals surface area contributed by atoms with Crippen LogP contribution < -0.4 is 10.2 Å². The van der Waals surface area contributed by atoms with Gasteiger partial charge in [0.25, 0.3) is 11.8 Å². The van der Waals surface area contributed by atoms with Crippen LogP contribution in [0.25, 0.3) is 0 Å². The second kappa shape index (κ2) is 6.77. The normalized spacial score (nSPS) is 25.7. The van der Waals surface area contributed by atoms with E-state index in [0.29, 0.717) is 6.54 Å². The summed E-state index contributed by atoms with van der Waals surface area (Å²) in [4.78, 5) is 52.1. The highest BCUT2D eigenvalue weighted by Crippen LogP contribution is 2.32. The van der Waals surface area contributed by atoms with Crippen LogP contribution in [0.4, 0.5) is 5.69 Å². The summed E-state index contributed by atoms with van der Waals surface area (Å²) in [5, 5.41) is 11.6. The number of carbonyl (C=O) groups is 4. The third-order valence-corrected chi connectivity index (χ3v) is 5.57. The Morgan fingerprint density at radius 2 is 1.85 bits per heavy atom. The molecule has 0 aromatic heterocycles. The van der Waals surface area contributed by atoms with Gasteiger partial charge in [-0.2, -0.15) is 0 Å². The second-order valence-electron chi connectivity index (χ2n) is 7.31. The summed E-state index contributed by atoms with van der Waals surface area (Å²) in [5.74, 6) is -1.80. The SMILES string of the molecule is O=C1CCC(N2C(=O)c3ccc(N4CCCC(CO)C4)cc3C2=O)C(=O)N1. The molecule has 0 aliphatic carbocycles. The first-order valence-corrected chi connectivity index (χ1v) is 9.21. The number of rotatable bonds is 3. The lowest BCUT2D eigenvalue weighted by Gasteiger charge is -2.33. The van der Waals surface area contributed by atoms with Crippen molar-refractivity contribution >= 4 is 29.3 Å². The number of anilines is 1. The maximum atomic E-state index is 12.9. The average molecular weight is 371 g/mol. The Hall–Kier alpha value is -2.74. The number of piperidine rings is 2. The first-order valence-electron chi connectivity index (χ1n) is 9.21. The van der Waals surface area contributed by atoms with E-state index in [1.165, 1.54) is 0 Å². The van der Waals surface area contributed by atoms with E-state index >= 15 is 0 Å².